The van der Waals surface area contributed by atoms with Gasteiger partial charge in [-0.25, -0.2) is 0 Å². The molecule has 0 spiro atoms. The number of nitrogens with zero attached hydrogens (tertiary/aromatic N) is 6. The Morgan fingerprint density at radius 3 is 0.812 bits per heavy atom. The molecule has 3 aromatic heterocycles. The van der Waals surface area contributed by atoms with E-state index < -0.39 is 0 Å². The van der Waals surface area contributed by atoms with E-state index in [0.29, 0.717) is 0 Å². The van der Waals surface area contributed by atoms with Crippen LogP contribution in [0.25, 0.3) is 51.2 Å². The first-order valence-electron chi connectivity index (χ1n) is 20.6. The Balaban J connectivity index is 0.000000158. The molecule has 0 fully saturated rings. The predicted octanol–water partition coefficient (Wildman–Crippen LogP) is 13.2. The smallest absolute Gasteiger partial charge is 0.340 e. The maximum Gasteiger partial charge on any atom is 3.00 e. The molecule has 9 aromatic rings. The Hall–Kier alpha value is -6.61. The largest absolute Gasteiger partial charge is 3.00 e. The van der Waals surface area contributed by atoms with Crippen molar-refractivity contribution in [3.63, 3.8) is 0 Å². The fourth-order valence-corrected chi connectivity index (χ4v) is 8.34. The Bertz CT molecular complexity index is 2620. The molecule has 6 nitrogen and oxygen atoms in total. The van der Waals surface area contributed by atoms with Gasteiger partial charge in [-0.15, -0.1) is 89.5 Å². The Labute approximate surface area is 387 Å². The molecule has 0 bridgehead atoms. The van der Waals surface area contributed by atoms with Gasteiger partial charge < -0.3 is 13.7 Å². The minimum Gasteiger partial charge on any atom is -0.340 e. The maximum atomic E-state index is 13.1. The molecule has 64 heavy (non-hydrogen) atoms. The molecule has 0 saturated carbocycles. The summed E-state index contributed by atoms with van der Waals surface area (Å²) in [6.07, 6.45) is 11.0. The Morgan fingerprint density at radius 2 is 0.609 bits per heavy atom. The fourth-order valence-electron chi connectivity index (χ4n) is 8.34. The Morgan fingerprint density at radius 1 is 0.375 bits per heavy atom. The quantitative estimate of drug-likeness (QED) is 0.156. The molecule has 0 atom stereocenters. The molecule has 9 rings (SSSR count). The minimum absolute atomic E-state index is 0. The maximum absolute atomic E-state index is 13.1. The normalized spacial score (nSPS) is 10.7. The van der Waals surface area contributed by atoms with Crippen LogP contribution in [0.2, 0.25) is 0 Å². The van der Waals surface area contributed by atoms with E-state index in [1.807, 2.05) is 32.3 Å². The van der Waals surface area contributed by atoms with Crippen molar-refractivity contribution in [2.24, 2.45) is 0 Å². The van der Waals surface area contributed by atoms with E-state index in [1.165, 1.54) is 86.5 Å². The third kappa shape index (κ3) is 10.4. The van der Waals surface area contributed by atoms with Crippen molar-refractivity contribution in [1.82, 2.24) is 28.7 Å². The topological polar surface area (TPSA) is 53.5 Å². The summed E-state index contributed by atoms with van der Waals surface area (Å²) < 4.78 is 45.3. The van der Waals surface area contributed by atoms with Crippen molar-refractivity contribution in [3.8, 4) is 51.2 Å². The summed E-state index contributed by atoms with van der Waals surface area (Å²) in [7, 11) is 0. The van der Waals surface area contributed by atoms with Crippen LogP contribution in [-0.4, -0.2) is 28.7 Å². The molecule has 0 saturated heterocycles. The average Bonchev–Trinajstić information content (AvgIpc) is 4.01. The van der Waals surface area contributed by atoms with Crippen molar-refractivity contribution in [2.75, 3.05) is 0 Å². The van der Waals surface area contributed by atoms with Gasteiger partial charge in [-0.1, -0.05) is 53.1 Å². The summed E-state index contributed by atoms with van der Waals surface area (Å²) >= 11 is 0. The Kier molecular flexibility index (Phi) is 14.8. The van der Waals surface area contributed by atoms with Crippen molar-refractivity contribution < 1.29 is 33.3 Å². The van der Waals surface area contributed by atoms with Gasteiger partial charge in [-0.3, -0.25) is 28.1 Å². The van der Waals surface area contributed by atoms with Crippen LogP contribution >= 0.6 is 0 Å². The number of halogens is 3. The second-order valence-electron chi connectivity index (χ2n) is 15.9. The molecular weight excluding hydrogens is 982 g/mol. The van der Waals surface area contributed by atoms with Crippen molar-refractivity contribution in [2.45, 2.75) is 62.3 Å². The summed E-state index contributed by atoms with van der Waals surface area (Å²) in [4.78, 5) is 13.2. The second-order valence-corrected chi connectivity index (χ2v) is 15.9. The summed E-state index contributed by atoms with van der Waals surface area (Å²) in [5.74, 6) is 1.43. The van der Waals surface area contributed by atoms with Gasteiger partial charge in [0.15, 0.2) is 0 Å². The van der Waals surface area contributed by atoms with Gasteiger partial charge in [0.25, 0.3) is 0 Å². The molecular formula is C54H48F3IrN6. The van der Waals surface area contributed by atoms with E-state index in [4.69, 9.17) is 0 Å². The molecule has 0 radical (unpaired) electrons. The SMILES string of the molecule is Cc1cc(C)c(-n2ccnc2-c2[c-]cc(F)cc2)c(C)c1.Cc1cc(C)c(-n2ccnc2-c2[c-]cc(F)cc2)c(C)c1.Cc1cc(C)c(-n2ccnc2-c2[c-]cc(F)cc2)c(C)c1.[Ir+3]. The van der Waals surface area contributed by atoms with Crippen LogP contribution < -0.4 is 0 Å². The molecule has 10 heteroatoms. The van der Waals surface area contributed by atoms with Crippen molar-refractivity contribution in [3.05, 3.63) is 214 Å². The molecule has 3 heterocycles. The summed E-state index contributed by atoms with van der Waals surface area (Å²) in [5.41, 5.74) is 16.5. The van der Waals surface area contributed by atoms with E-state index >= 15 is 0 Å². The van der Waals surface area contributed by atoms with Crippen molar-refractivity contribution >= 4 is 0 Å². The van der Waals surface area contributed by atoms with E-state index in [-0.39, 0.29) is 37.6 Å². The number of hydrogen-bond donors (Lipinski definition) is 0. The van der Waals surface area contributed by atoms with Gasteiger partial charge in [0.05, 0.1) is 17.5 Å². The zero-order chi connectivity index (χ0) is 44.9. The molecule has 0 aliphatic rings. The van der Waals surface area contributed by atoms with Crippen molar-refractivity contribution in [1.29, 1.82) is 0 Å². The van der Waals surface area contributed by atoms with Gasteiger partial charge in [-0.2, -0.15) is 0 Å². The number of aryl methyl sites for hydroxylation is 9. The van der Waals surface area contributed by atoms with E-state index in [1.54, 1.807) is 36.8 Å². The number of benzene rings is 6. The first-order chi connectivity index (χ1) is 30.2. The molecule has 0 aliphatic heterocycles. The standard InChI is InChI=1S/3C18H16FN2.Ir/c3*1-12-10-13(2)17(14(3)11-12)21-9-8-20-18(21)15-4-6-16(19)7-5-15;/h3*4,6-11H,1-3H3;/q3*-1;+3. The third-order valence-electron chi connectivity index (χ3n) is 10.6. The van der Waals surface area contributed by atoms with Crippen LogP contribution in [-0.2, 0) is 20.1 Å². The van der Waals surface area contributed by atoms with Crippen LogP contribution in [0.3, 0.4) is 0 Å². The van der Waals surface area contributed by atoms with Gasteiger partial charge in [0.1, 0.15) is 0 Å². The molecule has 0 aliphatic carbocycles. The zero-order valence-electron chi connectivity index (χ0n) is 37.3. The van der Waals surface area contributed by atoms with E-state index in [9.17, 15) is 13.2 Å². The van der Waals surface area contributed by atoms with Crippen LogP contribution in [0.15, 0.2) is 128 Å². The van der Waals surface area contributed by atoms with Gasteiger partial charge in [0.2, 0.25) is 0 Å². The van der Waals surface area contributed by atoms with Crippen LogP contribution in [0.1, 0.15) is 50.1 Å². The molecule has 0 unspecified atom stereocenters. The molecule has 324 valence electrons. The number of aromatic nitrogens is 6. The molecule has 6 aromatic carbocycles. The van der Waals surface area contributed by atoms with Crippen LogP contribution in [0, 0.1) is 98.0 Å². The molecule has 0 amide bonds. The number of rotatable bonds is 6. The number of imidazole rings is 3. The van der Waals surface area contributed by atoms with E-state index in [2.05, 4.69) is 132 Å². The monoisotopic (exact) mass is 1030 g/mol. The minimum atomic E-state index is -0.292. The summed E-state index contributed by atoms with van der Waals surface area (Å²) in [6.45, 7) is 18.8. The summed E-state index contributed by atoms with van der Waals surface area (Å²) in [5, 5.41) is 0. The average molecular weight is 1030 g/mol. The second kappa shape index (κ2) is 20.3. The zero-order valence-corrected chi connectivity index (χ0v) is 39.7. The third-order valence-corrected chi connectivity index (χ3v) is 10.6. The van der Waals surface area contributed by atoms with Gasteiger partial charge in [-0.05, 0) is 95.7 Å². The van der Waals surface area contributed by atoms with E-state index in [0.717, 1.165) is 51.2 Å². The first-order valence-corrected chi connectivity index (χ1v) is 20.6. The fraction of sp³-hybridized carbons (Fsp3) is 0.167. The number of hydrogen-bond acceptors (Lipinski definition) is 3. The summed E-state index contributed by atoms with van der Waals surface area (Å²) in [6, 6.07) is 35.1. The van der Waals surface area contributed by atoms with Crippen LogP contribution in [0.5, 0.6) is 0 Å². The first kappa shape index (κ1) is 46.9. The predicted molar refractivity (Wildman–Crippen MR) is 246 cm³/mol. The van der Waals surface area contributed by atoms with Gasteiger partial charge in [0, 0.05) is 71.7 Å². The van der Waals surface area contributed by atoms with Gasteiger partial charge >= 0.3 is 20.1 Å². The molecule has 0 N–H and O–H groups in total. The van der Waals surface area contributed by atoms with Crippen LogP contribution in [0.4, 0.5) is 13.2 Å².